The lowest BCUT2D eigenvalue weighted by Gasteiger charge is -2.25. The number of aromatic amines is 1. The number of nitrogens with one attached hydrogen (secondary N) is 1. The largest absolute Gasteiger partial charge is 0.493 e. The Morgan fingerprint density at radius 2 is 2.00 bits per heavy atom. The molecule has 0 bridgehead atoms. The molecule has 1 aliphatic rings. The van der Waals surface area contributed by atoms with E-state index in [0.717, 1.165) is 24.1 Å². The number of benzene rings is 1. The fourth-order valence-electron chi connectivity index (χ4n) is 3.39. The van der Waals surface area contributed by atoms with Gasteiger partial charge in [0.25, 0.3) is 0 Å². The van der Waals surface area contributed by atoms with Crippen molar-refractivity contribution in [1.29, 1.82) is 5.26 Å². The minimum atomic E-state index is -0.543. The number of esters is 1. The third-order valence-corrected chi connectivity index (χ3v) is 4.58. The van der Waals surface area contributed by atoms with Crippen molar-refractivity contribution < 1.29 is 23.7 Å². The zero-order chi connectivity index (χ0) is 21.1. The molecule has 0 saturated carbocycles. The number of nitrogens with zero attached hydrogens (tertiary/aromatic N) is 2. The standard InChI is InChI=1S/C20H22N4O5/c1-5-6-13-17-16(12(9-21)19(22)29-20(17)24-23-13)11-7-14(26-3)18(28-10(2)25)15(8-11)27-4/h7-8,16H,5-6,22H2,1-4H3,(H,23,24)/t16-/m0/s1. The van der Waals surface area contributed by atoms with Crippen LogP contribution in [-0.4, -0.2) is 30.4 Å². The van der Waals surface area contributed by atoms with E-state index in [1.165, 1.54) is 21.1 Å². The SMILES string of the molecule is CCCc1[nH]nc2c1[C@@H](c1cc(OC)c(OC(C)=O)c(OC)c1)C(C#N)=C(N)O2. The van der Waals surface area contributed by atoms with Crippen LogP contribution in [0.5, 0.6) is 23.1 Å². The lowest BCUT2D eigenvalue weighted by molar-refractivity contribution is -0.132. The van der Waals surface area contributed by atoms with Gasteiger partial charge in [0, 0.05) is 18.2 Å². The zero-order valence-corrected chi connectivity index (χ0v) is 16.7. The Morgan fingerprint density at radius 1 is 1.34 bits per heavy atom. The molecule has 0 radical (unpaired) electrons. The number of fused-ring (bicyclic) bond motifs is 1. The van der Waals surface area contributed by atoms with E-state index >= 15 is 0 Å². The van der Waals surface area contributed by atoms with Crippen molar-refractivity contribution >= 4 is 5.97 Å². The molecule has 9 heteroatoms. The Bertz CT molecular complexity index is 993. The summed E-state index contributed by atoms with van der Waals surface area (Å²) in [4.78, 5) is 11.5. The minimum absolute atomic E-state index is 0.0125. The molecule has 0 amide bonds. The smallest absolute Gasteiger partial charge is 0.308 e. The van der Waals surface area contributed by atoms with Crippen LogP contribution in [0.1, 0.15) is 43.0 Å². The number of aryl methyl sites for hydroxylation is 1. The minimum Gasteiger partial charge on any atom is -0.493 e. The molecule has 2 aromatic rings. The van der Waals surface area contributed by atoms with Crippen LogP contribution >= 0.6 is 0 Å². The number of carbonyl (C=O) groups excluding carboxylic acids is 1. The monoisotopic (exact) mass is 398 g/mol. The molecular weight excluding hydrogens is 376 g/mol. The first kappa shape index (κ1) is 20.1. The maximum Gasteiger partial charge on any atom is 0.308 e. The average Bonchev–Trinajstić information content (AvgIpc) is 3.09. The quantitative estimate of drug-likeness (QED) is 0.560. The second-order valence-electron chi connectivity index (χ2n) is 6.44. The molecule has 0 saturated heterocycles. The summed E-state index contributed by atoms with van der Waals surface area (Å²) in [5.41, 5.74) is 8.51. The number of allylic oxidation sites excluding steroid dienone is 1. The van der Waals surface area contributed by atoms with E-state index in [1.807, 2.05) is 6.92 Å². The summed E-state index contributed by atoms with van der Waals surface area (Å²) in [6, 6.07) is 5.52. The van der Waals surface area contributed by atoms with E-state index in [0.29, 0.717) is 22.9 Å². The maximum absolute atomic E-state index is 11.5. The Labute approximate surface area is 168 Å². The highest BCUT2D eigenvalue weighted by molar-refractivity contribution is 5.73. The number of aromatic nitrogens is 2. The van der Waals surface area contributed by atoms with Crippen LogP contribution < -0.4 is 24.7 Å². The van der Waals surface area contributed by atoms with Gasteiger partial charge in [-0.1, -0.05) is 13.3 Å². The van der Waals surface area contributed by atoms with Crippen LogP contribution in [0.3, 0.4) is 0 Å². The van der Waals surface area contributed by atoms with Crippen molar-refractivity contribution in [3.05, 3.63) is 40.4 Å². The van der Waals surface area contributed by atoms with Crippen LogP contribution in [0.2, 0.25) is 0 Å². The third kappa shape index (κ3) is 3.57. The number of methoxy groups -OCH3 is 2. The number of hydrogen-bond donors (Lipinski definition) is 2. The maximum atomic E-state index is 11.5. The molecule has 152 valence electrons. The van der Waals surface area contributed by atoms with Gasteiger partial charge in [0.15, 0.2) is 11.5 Å². The van der Waals surface area contributed by atoms with E-state index in [2.05, 4.69) is 16.3 Å². The lowest BCUT2D eigenvalue weighted by Crippen LogP contribution is -2.21. The Hall–Kier alpha value is -3.67. The summed E-state index contributed by atoms with van der Waals surface area (Å²) in [5, 5.41) is 17.0. The lowest BCUT2D eigenvalue weighted by atomic mass is 9.83. The molecule has 1 aliphatic heterocycles. The molecule has 9 nitrogen and oxygen atoms in total. The van der Waals surface area contributed by atoms with Crippen molar-refractivity contribution in [2.75, 3.05) is 14.2 Å². The number of ether oxygens (including phenoxy) is 4. The number of nitrogens with two attached hydrogens (primary N) is 1. The molecule has 0 unspecified atom stereocenters. The topological polar surface area (TPSA) is 132 Å². The number of hydrogen-bond acceptors (Lipinski definition) is 8. The van der Waals surface area contributed by atoms with Gasteiger partial charge in [0.05, 0.1) is 20.1 Å². The van der Waals surface area contributed by atoms with E-state index < -0.39 is 11.9 Å². The number of rotatable bonds is 6. The highest BCUT2D eigenvalue weighted by Gasteiger charge is 2.36. The van der Waals surface area contributed by atoms with Gasteiger partial charge in [-0.2, -0.15) is 5.26 Å². The zero-order valence-electron chi connectivity index (χ0n) is 16.7. The summed E-state index contributed by atoms with van der Waals surface area (Å²) in [7, 11) is 2.91. The molecule has 1 aromatic carbocycles. The fourth-order valence-corrected chi connectivity index (χ4v) is 3.39. The average molecular weight is 398 g/mol. The molecule has 1 atom stereocenters. The van der Waals surface area contributed by atoms with E-state index in [9.17, 15) is 10.1 Å². The molecule has 29 heavy (non-hydrogen) atoms. The van der Waals surface area contributed by atoms with E-state index in [4.69, 9.17) is 24.7 Å². The summed E-state index contributed by atoms with van der Waals surface area (Å²) >= 11 is 0. The van der Waals surface area contributed by atoms with Crippen LogP contribution in [0, 0.1) is 11.3 Å². The predicted molar refractivity (Wildman–Crippen MR) is 103 cm³/mol. The first-order valence-corrected chi connectivity index (χ1v) is 9.04. The van der Waals surface area contributed by atoms with Gasteiger partial charge < -0.3 is 24.7 Å². The predicted octanol–water partition coefficient (Wildman–Crippen LogP) is 2.52. The van der Waals surface area contributed by atoms with Crippen molar-refractivity contribution in [3.8, 4) is 29.2 Å². The van der Waals surface area contributed by atoms with Crippen LogP contribution in [-0.2, 0) is 11.2 Å². The van der Waals surface area contributed by atoms with E-state index in [1.54, 1.807) is 12.1 Å². The van der Waals surface area contributed by atoms with Gasteiger partial charge in [-0.3, -0.25) is 9.89 Å². The summed E-state index contributed by atoms with van der Waals surface area (Å²) in [6.45, 7) is 3.33. The van der Waals surface area contributed by atoms with Crippen LogP contribution in [0.15, 0.2) is 23.6 Å². The Balaban J connectivity index is 2.25. The van der Waals surface area contributed by atoms with Crippen LogP contribution in [0.25, 0.3) is 0 Å². The molecule has 1 aromatic heterocycles. The number of carbonyl (C=O) groups is 1. The van der Waals surface area contributed by atoms with Crippen LogP contribution in [0.4, 0.5) is 0 Å². The molecule has 0 spiro atoms. The summed E-state index contributed by atoms with van der Waals surface area (Å²) < 4.78 is 21.7. The van der Waals surface area contributed by atoms with E-state index in [-0.39, 0.29) is 17.2 Å². The first-order valence-electron chi connectivity index (χ1n) is 9.04. The second kappa shape index (κ2) is 8.14. The molecule has 0 fully saturated rings. The second-order valence-corrected chi connectivity index (χ2v) is 6.44. The molecule has 3 rings (SSSR count). The summed E-state index contributed by atoms with van der Waals surface area (Å²) in [5.74, 6) is 0.00860. The van der Waals surface area contributed by atoms with Gasteiger partial charge in [0.1, 0.15) is 11.6 Å². The van der Waals surface area contributed by atoms with Gasteiger partial charge in [0.2, 0.25) is 17.5 Å². The van der Waals surface area contributed by atoms with Gasteiger partial charge in [-0.05, 0) is 24.1 Å². The van der Waals surface area contributed by atoms with Gasteiger partial charge >= 0.3 is 5.97 Å². The number of H-pyrrole nitrogens is 1. The Morgan fingerprint density at radius 3 is 2.52 bits per heavy atom. The van der Waals surface area contributed by atoms with Gasteiger partial charge in [-0.15, -0.1) is 5.10 Å². The normalized spacial score (nSPS) is 15.2. The third-order valence-electron chi connectivity index (χ3n) is 4.58. The first-order chi connectivity index (χ1) is 13.9. The molecule has 2 heterocycles. The van der Waals surface area contributed by atoms with Crippen molar-refractivity contribution in [2.45, 2.75) is 32.6 Å². The highest BCUT2D eigenvalue weighted by atomic mass is 16.6. The Kier molecular flexibility index (Phi) is 5.64. The van der Waals surface area contributed by atoms with Crippen molar-refractivity contribution in [1.82, 2.24) is 10.2 Å². The van der Waals surface area contributed by atoms with Crippen molar-refractivity contribution in [3.63, 3.8) is 0 Å². The van der Waals surface area contributed by atoms with Crippen molar-refractivity contribution in [2.24, 2.45) is 5.73 Å². The summed E-state index contributed by atoms with van der Waals surface area (Å²) in [6.07, 6.45) is 1.60. The number of nitriles is 1. The van der Waals surface area contributed by atoms with Gasteiger partial charge in [-0.25, -0.2) is 0 Å². The molecule has 0 aliphatic carbocycles. The molecule has 3 N–H and O–H groups in total. The fraction of sp³-hybridized carbons (Fsp3) is 0.350. The highest BCUT2D eigenvalue weighted by Crippen LogP contribution is 2.47. The molecular formula is C20H22N4O5.